The van der Waals surface area contributed by atoms with Crippen LogP contribution in [0.25, 0.3) is 0 Å². The zero-order valence-corrected chi connectivity index (χ0v) is 13.1. The molecule has 20 heavy (non-hydrogen) atoms. The quantitative estimate of drug-likeness (QED) is 0.723. The zero-order valence-electron chi connectivity index (χ0n) is 12.2. The third kappa shape index (κ3) is 5.56. The molecule has 0 amide bonds. The van der Waals surface area contributed by atoms with E-state index in [0.717, 1.165) is 13.0 Å². The molecular formula is C14H23FN2O2S. The standard InChI is InChI=1S/C14H23FN2O2S/c1-4-7-16-8-9-20(18,19)17-12(3)13-6-5-11(2)14(15)10-13/h5-6,10,12,16-17H,4,7-9H2,1-3H3. The molecule has 0 heterocycles. The molecule has 1 rings (SSSR count). The molecule has 0 aliphatic carbocycles. The summed E-state index contributed by atoms with van der Waals surface area (Å²) in [6.07, 6.45) is 0.965. The van der Waals surface area contributed by atoms with Crippen LogP contribution < -0.4 is 10.0 Å². The lowest BCUT2D eigenvalue weighted by atomic mass is 10.1. The predicted molar refractivity (Wildman–Crippen MR) is 79.6 cm³/mol. The minimum atomic E-state index is -3.37. The molecule has 1 aromatic carbocycles. The highest BCUT2D eigenvalue weighted by atomic mass is 32.2. The Bertz CT molecular complexity index is 532. The van der Waals surface area contributed by atoms with Crippen LogP contribution >= 0.6 is 0 Å². The Balaban J connectivity index is 2.59. The molecule has 0 fully saturated rings. The molecule has 0 aliphatic heterocycles. The van der Waals surface area contributed by atoms with Crippen molar-refractivity contribution in [3.05, 3.63) is 35.1 Å². The monoisotopic (exact) mass is 302 g/mol. The molecule has 0 aromatic heterocycles. The van der Waals surface area contributed by atoms with Crippen molar-refractivity contribution in [2.75, 3.05) is 18.8 Å². The number of nitrogens with one attached hydrogen (secondary N) is 2. The highest BCUT2D eigenvalue weighted by Crippen LogP contribution is 2.17. The smallest absolute Gasteiger partial charge is 0.213 e. The topological polar surface area (TPSA) is 58.2 Å². The molecule has 6 heteroatoms. The first-order valence-electron chi connectivity index (χ1n) is 6.82. The summed E-state index contributed by atoms with van der Waals surface area (Å²) in [4.78, 5) is 0. The van der Waals surface area contributed by atoms with E-state index < -0.39 is 16.1 Å². The van der Waals surface area contributed by atoms with Gasteiger partial charge in [0.25, 0.3) is 0 Å². The summed E-state index contributed by atoms with van der Waals surface area (Å²) in [5.74, 6) is -0.302. The molecule has 0 spiro atoms. The number of hydrogen-bond acceptors (Lipinski definition) is 3. The van der Waals surface area contributed by atoms with E-state index in [0.29, 0.717) is 17.7 Å². The highest BCUT2D eigenvalue weighted by molar-refractivity contribution is 7.89. The van der Waals surface area contributed by atoms with Crippen LogP contribution in [0.5, 0.6) is 0 Å². The van der Waals surface area contributed by atoms with E-state index >= 15 is 0 Å². The molecular weight excluding hydrogens is 279 g/mol. The number of halogens is 1. The van der Waals surface area contributed by atoms with Crippen molar-refractivity contribution in [1.82, 2.24) is 10.0 Å². The lowest BCUT2D eigenvalue weighted by molar-refractivity contribution is 0.560. The predicted octanol–water partition coefficient (Wildman–Crippen LogP) is 2.11. The van der Waals surface area contributed by atoms with Crippen LogP contribution in [-0.4, -0.2) is 27.3 Å². The first-order chi connectivity index (χ1) is 9.35. The van der Waals surface area contributed by atoms with Crippen LogP contribution in [0.1, 0.15) is 37.4 Å². The molecule has 0 aliphatic rings. The van der Waals surface area contributed by atoms with Gasteiger partial charge in [-0.15, -0.1) is 0 Å². The average Bonchev–Trinajstić information content (AvgIpc) is 2.37. The van der Waals surface area contributed by atoms with E-state index in [1.807, 2.05) is 6.92 Å². The van der Waals surface area contributed by atoms with Crippen LogP contribution in [0.3, 0.4) is 0 Å². The van der Waals surface area contributed by atoms with Crippen molar-refractivity contribution in [1.29, 1.82) is 0 Å². The van der Waals surface area contributed by atoms with Crippen molar-refractivity contribution >= 4 is 10.0 Å². The molecule has 1 aromatic rings. The second-order valence-corrected chi connectivity index (χ2v) is 6.79. The first-order valence-corrected chi connectivity index (χ1v) is 8.47. The maximum Gasteiger partial charge on any atom is 0.213 e. The first kappa shape index (κ1) is 17.1. The molecule has 4 nitrogen and oxygen atoms in total. The molecule has 0 saturated heterocycles. The Morgan fingerprint density at radius 1 is 1.30 bits per heavy atom. The van der Waals surface area contributed by atoms with Gasteiger partial charge in [-0.2, -0.15) is 0 Å². The van der Waals surface area contributed by atoms with Gasteiger partial charge in [0.1, 0.15) is 5.82 Å². The van der Waals surface area contributed by atoms with Gasteiger partial charge in [-0.25, -0.2) is 17.5 Å². The van der Waals surface area contributed by atoms with Crippen molar-refractivity contribution in [2.45, 2.75) is 33.2 Å². The van der Waals surface area contributed by atoms with Crippen LogP contribution in [0.4, 0.5) is 4.39 Å². The van der Waals surface area contributed by atoms with E-state index in [1.165, 1.54) is 6.07 Å². The highest BCUT2D eigenvalue weighted by Gasteiger charge is 2.16. The van der Waals surface area contributed by atoms with Crippen molar-refractivity contribution in [3.63, 3.8) is 0 Å². The summed E-state index contributed by atoms with van der Waals surface area (Å²) < 4.78 is 39.8. The van der Waals surface area contributed by atoms with Gasteiger partial charge in [0.2, 0.25) is 10.0 Å². The Morgan fingerprint density at radius 3 is 2.60 bits per heavy atom. The second kappa shape index (κ2) is 7.71. The SMILES string of the molecule is CCCNCCS(=O)(=O)NC(C)c1ccc(C)c(F)c1. The molecule has 2 N–H and O–H groups in total. The lowest BCUT2D eigenvalue weighted by Gasteiger charge is -2.15. The molecule has 0 radical (unpaired) electrons. The van der Waals surface area contributed by atoms with Gasteiger partial charge in [0.15, 0.2) is 0 Å². The van der Waals surface area contributed by atoms with Gasteiger partial charge < -0.3 is 5.32 Å². The van der Waals surface area contributed by atoms with Crippen molar-refractivity contribution in [3.8, 4) is 0 Å². The van der Waals surface area contributed by atoms with Crippen LogP contribution in [0, 0.1) is 12.7 Å². The normalized spacial score (nSPS) is 13.4. The molecule has 1 unspecified atom stereocenters. The summed E-state index contributed by atoms with van der Waals surface area (Å²) in [5.41, 5.74) is 1.17. The average molecular weight is 302 g/mol. The molecule has 1 atom stereocenters. The van der Waals surface area contributed by atoms with E-state index in [-0.39, 0.29) is 11.6 Å². The summed E-state index contributed by atoms with van der Waals surface area (Å²) in [6.45, 7) is 6.62. The maximum atomic E-state index is 13.5. The van der Waals surface area contributed by atoms with Gasteiger partial charge in [-0.1, -0.05) is 19.1 Å². The fraction of sp³-hybridized carbons (Fsp3) is 0.571. The van der Waals surface area contributed by atoms with Crippen LogP contribution in [0.15, 0.2) is 18.2 Å². The van der Waals surface area contributed by atoms with Crippen LogP contribution in [0.2, 0.25) is 0 Å². The number of rotatable bonds is 8. The fourth-order valence-corrected chi connectivity index (χ4v) is 2.99. The minimum absolute atomic E-state index is 0.0195. The fourth-order valence-electron chi connectivity index (χ4n) is 1.78. The van der Waals surface area contributed by atoms with Crippen molar-refractivity contribution < 1.29 is 12.8 Å². The number of aryl methyl sites for hydroxylation is 1. The molecule has 0 bridgehead atoms. The summed E-state index contributed by atoms with van der Waals surface area (Å²) in [5, 5.41) is 3.04. The van der Waals surface area contributed by atoms with Gasteiger partial charge in [0, 0.05) is 12.6 Å². The number of sulfonamides is 1. The van der Waals surface area contributed by atoms with Gasteiger partial charge >= 0.3 is 0 Å². The Labute approximate surface area is 120 Å². The van der Waals surface area contributed by atoms with Crippen LogP contribution in [-0.2, 0) is 10.0 Å². The molecule has 0 saturated carbocycles. The third-order valence-electron chi connectivity index (χ3n) is 3.03. The van der Waals surface area contributed by atoms with Crippen molar-refractivity contribution in [2.24, 2.45) is 0 Å². The van der Waals surface area contributed by atoms with Gasteiger partial charge in [-0.05, 0) is 44.0 Å². The van der Waals surface area contributed by atoms with E-state index in [2.05, 4.69) is 10.0 Å². The Morgan fingerprint density at radius 2 is 2.00 bits per heavy atom. The largest absolute Gasteiger partial charge is 0.316 e. The lowest BCUT2D eigenvalue weighted by Crippen LogP contribution is -2.33. The maximum absolute atomic E-state index is 13.5. The van der Waals surface area contributed by atoms with Gasteiger partial charge in [-0.3, -0.25) is 0 Å². The summed E-state index contributed by atoms with van der Waals surface area (Å²) in [6, 6.07) is 4.32. The number of hydrogen-bond donors (Lipinski definition) is 2. The number of benzene rings is 1. The van der Waals surface area contributed by atoms with E-state index in [4.69, 9.17) is 0 Å². The minimum Gasteiger partial charge on any atom is -0.316 e. The zero-order chi connectivity index (χ0) is 15.2. The summed E-state index contributed by atoms with van der Waals surface area (Å²) in [7, 11) is -3.37. The van der Waals surface area contributed by atoms with E-state index in [9.17, 15) is 12.8 Å². The summed E-state index contributed by atoms with van der Waals surface area (Å²) >= 11 is 0. The Hall–Kier alpha value is -0.980. The molecule has 114 valence electrons. The third-order valence-corrected chi connectivity index (χ3v) is 4.48. The second-order valence-electron chi connectivity index (χ2n) is 4.92. The van der Waals surface area contributed by atoms with Gasteiger partial charge in [0.05, 0.1) is 5.75 Å². The van der Waals surface area contributed by atoms with E-state index in [1.54, 1.807) is 26.0 Å². The Kier molecular flexibility index (Phi) is 6.58.